The normalized spacial score (nSPS) is 16.3. The highest BCUT2D eigenvalue weighted by molar-refractivity contribution is 5.94. The Bertz CT molecular complexity index is 864. The molecule has 120 valence electrons. The van der Waals surface area contributed by atoms with Gasteiger partial charge in [0.15, 0.2) is 0 Å². The van der Waals surface area contributed by atoms with E-state index in [1.165, 1.54) is 0 Å². The number of fused-ring (bicyclic) bond motifs is 2. The van der Waals surface area contributed by atoms with Crippen LogP contribution in [0.1, 0.15) is 51.7 Å². The Morgan fingerprint density at radius 2 is 1.91 bits per heavy atom. The van der Waals surface area contributed by atoms with Gasteiger partial charge in [0, 0.05) is 12.6 Å². The number of carbonyl (C=O) groups excluding carboxylic acids is 1. The van der Waals surface area contributed by atoms with Gasteiger partial charge < -0.3 is 9.88 Å². The molecule has 0 fully saturated rings. The average Bonchev–Trinajstić information content (AvgIpc) is 3.06. The van der Waals surface area contributed by atoms with Crippen LogP contribution in [0.5, 0.6) is 0 Å². The number of H-pyrrole nitrogens is 1. The molecule has 1 amide bonds. The highest BCUT2D eigenvalue weighted by Crippen LogP contribution is 2.27. The Labute approximate surface area is 133 Å². The Morgan fingerprint density at radius 1 is 1.13 bits per heavy atom. The van der Waals surface area contributed by atoms with Gasteiger partial charge in [-0.25, -0.2) is 4.98 Å². The molecule has 7 heteroatoms. The first kappa shape index (κ1) is 14.2. The van der Waals surface area contributed by atoms with E-state index < -0.39 is 0 Å². The molecule has 0 atom stereocenters. The molecule has 0 aromatic carbocycles. The molecule has 1 aliphatic heterocycles. The minimum Gasteiger partial charge on any atom is -0.327 e. The lowest BCUT2D eigenvalue weighted by atomic mass is 9.95. The molecule has 0 unspecified atom stereocenters. The molecule has 1 aliphatic carbocycles. The van der Waals surface area contributed by atoms with Crippen LogP contribution in [0.4, 0.5) is 0 Å². The van der Waals surface area contributed by atoms with Gasteiger partial charge in [-0.1, -0.05) is 0 Å². The Kier molecular flexibility index (Phi) is 3.11. The minimum atomic E-state index is -0.144. The monoisotopic (exact) mass is 313 g/mol. The molecule has 3 heterocycles. The summed E-state index contributed by atoms with van der Waals surface area (Å²) < 4.78 is 1.70. The molecule has 2 aromatic heterocycles. The van der Waals surface area contributed by atoms with Gasteiger partial charge in [0.05, 0.1) is 30.0 Å². The van der Waals surface area contributed by atoms with Crippen molar-refractivity contribution in [2.24, 2.45) is 7.05 Å². The second-order valence-electron chi connectivity index (χ2n) is 6.34. The van der Waals surface area contributed by atoms with E-state index in [0.29, 0.717) is 35.9 Å². The fraction of sp³-hybridized carbons (Fsp3) is 0.500. The topological polar surface area (TPSA) is 83.9 Å². The summed E-state index contributed by atoms with van der Waals surface area (Å²) in [5.74, 6) is 0.527. The maximum atomic E-state index is 13.0. The van der Waals surface area contributed by atoms with E-state index in [2.05, 4.69) is 15.1 Å². The first-order chi connectivity index (χ1) is 11.0. The third-order valence-electron chi connectivity index (χ3n) is 4.72. The van der Waals surface area contributed by atoms with Crippen molar-refractivity contribution in [3.8, 4) is 0 Å². The van der Waals surface area contributed by atoms with Crippen LogP contribution in [0.3, 0.4) is 0 Å². The minimum absolute atomic E-state index is 0.0572. The molecule has 2 aliphatic rings. The van der Waals surface area contributed by atoms with Crippen LogP contribution in [0, 0.1) is 6.92 Å². The van der Waals surface area contributed by atoms with E-state index in [1.54, 1.807) is 16.5 Å². The third kappa shape index (κ3) is 2.18. The van der Waals surface area contributed by atoms with Crippen molar-refractivity contribution < 1.29 is 4.79 Å². The molecule has 0 radical (unpaired) electrons. The lowest BCUT2D eigenvalue weighted by Crippen LogP contribution is -2.29. The molecule has 0 saturated heterocycles. The highest BCUT2D eigenvalue weighted by atomic mass is 16.2. The molecule has 2 aromatic rings. The van der Waals surface area contributed by atoms with Gasteiger partial charge in [0.1, 0.15) is 11.5 Å². The van der Waals surface area contributed by atoms with Crippen molar-refractivity contribution >= 4 is 5.91 Å². The summed E-state index contributed by atoms with van der Waals surface area (Å²) in [5.41, 5.74) is 3.95. The summed E-state index contributed by atoms with van der Waals surface area (Å²) in [6.07, 6.45) is 4.07. The Morgan fingerprint density at radius 3 is 2.74 bits per heavy atom. The van der Waals surface area contributed by atoms with Crippen LogP contribution in [-0.2, 0) is 33.0 Å². The first-order valence-electron chi connectivity index (χ1n) is 7.97. The molecular weight excluding hydrogens is 294 g/mol. The smallest absolute Gasteiger partial charge is 0.273 e. The zero-order valence-electron chi connectivity index (χ0n) is 13.3. The molecule has 1 N–H and O–H groups in total. The SMILES string of the molecule is Cc1nc2c(c(=O)[nH]1)CN(C(=O)c1c3c(nn1C)CCCC3)C2. The summed E-state index contributed by atoms with van der Waals surface area (Å²) >= 11 is 0. The maximum Gasteiger partial charge on any atom is 0.273 e. The fourth-order valence-corrected chi connectivity index (χ4v) is 3.63. The molecule has 23 heavy (non-hydrogen) atoms. The second-order valence-corrected chi connectivity index (χ2v) is 6.34. The number of nitrogens with one attached hydrogen (secondary N) is 1. The molecule has 7 nitrogen and oxygen atoms in total. The number of nitrogens with zero attached hydrogens (tertiary/aromatic N) is 4. The molecule has 4 rings (SSSR count). The zero-order valence-corrected chi connectivity index (χ0v) is 13.3. The van der Waals surface area contributed by atoms with Crippen molar-refractivity contribution in [3.05, 3.63) is 44.4 Å². The number of rotatable bonds is 1. The van der Waals surface area contributed by atoms with E-state index in [-0.39, 0.29) is 11.5 Å². The summed E-state index contributed by atoms with van der Waals surface area (Å²) in [6.45, 7) is 2.46. The summed E-state index contributed by atoms with van der Waals surface area (Å²) in [7, 11) is 1.82. The number of carbonyl (C=O) groups is 1. The largest absolute Gasteiger partial charge is 0.327 e. The predicted molar refractivity (Wildman–Crippen MR) is 83.0 cm³/mol. The number of aromatic nitrogens is 4. The molecular formula is C16H19N5O2. The van der Waals surface area contributed by atoms with Gasteiger partial charge >= 0.3 is 0 Å². The van der Waals surface area contributed by atoms with Gasteiger partial charge in [-0.05, 0) is 32.6 Å². The first-order valence-corrected chi connectivity index (χ1v) is 7.97. The fourth-order valence-electron chi connectivity index (χ4n) is 3.63. The lowest BCUT2D eigenvalue weighted by Gasteiger charge is -2.17. The number of hydrogen-bond acceptors (Lipinski definition) is 4. The van der Waals surface area contributed by atoms with Crippen molar-refractivity contribution in [1.82, 2.24) is 24.6 Å². The van der Waals surface area contributed by atoms with E-state index in [1.807, 2.05) is 7.05 Å². The maximum absolute atomic E-state index is 13.0. The second kappa shape index (κ2) is 5.04. The number of amides is 1. The standard InChI is InChI=1S/C16H19N5O2/c1-9-17-13-8-21(7-11(13)15(22)18-9)16(23)14-10-5-3-4-6-12(10)19-20(14)2/h3-8H2,1-2H3,(H,17,18,22). The number of aromatic amines is 1. The van der Waals surface area contributed by atoms with Crippen molar-refractivity contribution in [1.29, 1.82) is 0 Å². The quantitative estimate of drug-likeness (QED) is 0.846. The van der Waals surface area contributed by atoms with E-state index in [0.717, 1.165) is 36.9 Å². The van der Waals surface area contributed by atoms with Crippen LogP contribution in [-0.4, -0.2) is 30.6 Å². The van der Waals surface area contributed by atoms with Crippen LogP contribution in [0.15, 0.2) is 4.79 Å². The van der Waals surface area contributed by atoms with Gasteiger partial charge in [-0.3, -0.25) is 14.3 Å². The predicted octanol–water partition coefficient (Wildman–Crippen LogP) is 0.847. The van der Waals surface area contributed by atoms with E-state index in [4.69, 9.17) is 0 Å². The van der Waals surface area contributed by atoms with Crippen molar-refractivity contribution in [2.45, 2.75) is 45.7 Å². The van der Waals surface area contributed by atoms with Gasteiger partial charge in [0.25, 0.3) is 11.5 Å². The Hall–Kier alpha value is -2.44. The molecule has 0 saturated carbocycles. The van der Waals surface area contributed by atoms with E-state index in [9.17, 15) is 9.59 Å². The zero-order chi connectivity index (χ0) is 16.1. The van der Waals surface area contributed by atoms with Gasteiger partial charge in [0.2, 0.25) is 0 Å². The van der Waals surface area contributed by atoms with E-state index >= 15 is 0 Å². The number of hydrogen-bond donors (Lipinski definition) is 1. The summed E-state index contributed by atoms with van der Waals surface area (Å²) in [5, 5.41) is 4.51. The van der Waals surface area contributed by atoms with Crippen LogP contribution in [0.25, 0.3) is 0 Å². The average molecular weight is 313 g/mol. The van der Waals surface area contributed by atoms with Crippen LogP contribution in [0.2, 0.25) is 0 Å². The third-order valence-corrected chi connectivity index (χ3v) is 4.72. The lowest BCUT2D eigenvalue weighted by molar-refractivity contribution is 0.0737. The van der Waals surface area contributed by atoms with Crippen molar-refractivity contribution in [2.75, 3.05) is 0 Å². The Balaban J connectivity index is 1.68. The van der Waals surface area contributed by atoms with Crippen LogP contribution < -0.4 is 5.56 Å². The van der Waals surface area contributed by atoms with Gasteiger partial charge in [-0.2, -0.15) is 5.10 Å². The van der Waals surface area contributed by atoms with Crippen LogP contribution >= 0.6 is 0 Å². The molecule has 0 bridgehead atoms. The molecule has 0 spiro atoms. The highest BCUT2D eigenvalue weighted by Gasteiger charge is 2.32. The van der Waals surface area contributed by atoms with Crippen molar-refractivity contribution in [3.63, 3.8) is 0 Å². The summed E-state index contributed by atoms with van der Waals surface area (Å²) in [6, 6.07) is 0. The summed E-state index contributed by atoms with van der Waals surface area (Å²) in [4.78, 5) is 33.8. The van der Waals surface area contributed by atoms with Gasteiger partial charge in [-0.15, -0.1) is 0 Å². The number of aryl methyl sites for hydroxylation is 3.